The summed E-state index contributed by atoms with van der Waals surface area (Å²) in [6, 6.07) is 0. The van der Waals surface area contributed by atoms with Crippen LogP contribution in [0.2, 0.25) is 0 Å². The third kappa shape index (κ3) is 2.45. The van der Waals surface area contributed by atoms with E-state index < -0.39 is 12.0 Å². The fourth-order valence-corrected chi connectivity index (χ4v) is 0.327. The van der Waals surface area contributed by atoms with Crippen LogP contribution in [0.25, 0.3) is 0 Å². The van der Waals surface area contributed by atoms with E-state index in [9.17, 15) is 9.59 Å². The van der Waals surface area contributed by atoms with Crippen molar-refractivity contribution in [3.05, 3.63) is 0 Å². The Balaban J connectivity index is 3.82. The van der Waals surface area contributed by atoms with Gasteiger partial charge in [-0.05, 0) is 0 Å². The van der Waals surface area contributed by atoms with Crippen LogP contribution in [0.15, 0.2) is 0 Å². The summed E-state index contributed by atoms with van der Waals surface area (Å²) >= 11 is 0. The minimum Gasteiger partial charge on any atom is -0.465 e. The Bertz CT molecular complexity index is 145. The monoisotopic (exact) mass is 147 g/mol. The summed E-state index contributed by atoms with van der Waals surface area (Å²) in [5.74, 6) is -0.574. The van der Waals surface area contributed by atoms with Crippen molar-refractivity contribution in [3.63, 3.8) is 0 Å². The quantitative estimate of drug-likeness (QED) is 0.585. The molecule has 0 unspecified atom stereocenters. The van der Waals surface area contributed by atoms with E-state index in [1.165, 1.54) is 14.2 Å². The first-order valence-electron chi connectivity index (χ1n) is 2.58. The van der Waals surface area contributed by atoms with Crippen LogP contribution in [0.5, 0.6) is 0 Å². The third-order valence-electron chi connectivity index (χ3n) is 0.929. The Morgan fingerprint density at radius 1 is 1.60 bits per heavy atom. The lowest BCUT2D eigenvalue weighted by atomic mass is 10.6. The number of nitrogens with zero attached hydrogens (tertiary/aromatic N) is 1. The number of carbonyl (C=O) groups excluding carboxylic acids is 1. The second-order valence-electron chi connectivity index (χ2n) is 1.67. The van der Waals surface area contributed by atoms with Crippen molar-refractivity contribution in [2.24, 2.45) is 0 Å². The molecule has 0 aromatic rings. The van der Waals surface area contributed by atoms with Crippen molar-refractivity contribution in [1.29, 1.82) is 0 Å². The van der Waals surface area contributed by atoms with Crippen molar-refractivity contribution >= 4 is 12.0 Å². The second-order valence-corrected chi connectivity index (χ2v) is 1.67. The highest BCUT2D eigenvalue weighted by atomic mass is 16.5. The number of rotatable bonds is 2. The van der Waals surface area contributed by atoms with Crippen molar-refractivity contribution in [3.8, 4) is 0 Å². The molecule has 0 saturated carbocycles. The molecule has 10 heavy (non-hydrogen) atoms. The lowest BCUT2D eigenvalue weighted by molar-refractivity contribution is -0.131. The fourth-order valence-electron chi connectivity index (χ4n) is 0.327. The van der Waals surface area contributed by atoms with Crippen molar-refractivity contribution < 1.29 is 19.4 Å². The maximum absolute atomic E-state index is 10.6. The van der Waals surface area contributed by atoms with Crippen molar-refractivity contribution in [2.45, 2.75) is 0 Å². The molecule has 5 nitrogen and oxygen atoms in total. The normalized spacial score (nSPS) is 9.00. The summed E-state index contributed by atoms with van der Waals surface area (Å²) in [4.78, 5) is 21.2. The summed E-state index contributed by atoms with van der Waals surface area (Å²) in [6.45, 7) is -0.206. The summed E-state index contributed by atoms with van der Waals surface area (Å²) < 4.78 is 4.42. The summed E-state index contributed by atoms with van der Waals surface area (Å²) in [5.41, 5.74) is 0. The van der Waals surface area contributed by atoms with E-state index >= 15 is 0 Å². The molecule has 0 saturated heterocycles. The lowest BCUT2D eigenvalue weighted by Gasteiger charge is -2.08. The molecule has 2 amide bonds. The molecule has 0 aromatic heterocycles. The van der Waals surface area contributed by atoms with E-state index in [0.717, 1.165) is 0 Å². The van der Waals surface area contributed by atoms with E-state index in [4.69, 9.17) is 5.11 Å². The van der Waals surface area contributed by atoms with Gasteiger partial charge in [0, 0.05) is 14.2 Å². The summed E-state index contributed by atoms with van der Waals surface area (Å²) in [6.07, 6.45) is -1.28. The zero-order chi connectivity index (χ0) is 8.15. The highest BCUT2D eigenvalue weighted by molar-refractivity contribution is 5.91. The van der Waals surface area contributed by atoms with Gasteiger partial charge in [0.25, 0.3) is 5.91 Å². The summed E-state index contributed by atoms with van der Waals surface area (Å²) in [5, 5.41) is 8.23. The predicted molar refractivity (Wildman–Crippen MR) is 32.7 cm³/mol. The van der Waals surface area contributed by atoms with Gasteiger partial charge in [-0.15, -0.1) is 0 Å². The molecule has 0 heterocycles. The maximum atomic E-state index is 10.6. The molecular formula is C5H9NO4. The number of amides is 2. The fraction of sp³-hybridized carbons (Fsp3) is 0.600. The topological polar surface area (TPSA) is 66.8 Å². The molecule has 0 aliphatic rings. The molecule has 0 atom stereocenters. The molecule has 0 rings (SSSR count). The van der Waals surface area contributed by atoms with Crippen LogP contribution in [0.3, 0.4) is 0 Å². The van der Waals surface area contributed by atoms with E-state index in [1.807, 2.05) is 0 Å². The molecular weight excluding hydrogens is 138 g/mol. The highest BCUT2D eigenvalue weighted by Crippen LogP contribution is 1.85. The third-order valence-corrected chi connectivity index (χ3v) is 0.929. The Kier molecular flexibility index (Phi) is 3.42. The molecule has 1 N–H and O–H groups in total. The van der Waals surface area contributed by atoms with Gasteiger partial charge in [0.1, 0.15) is 6.61 Å². The molecule has 58 valence electrons. The smallest absolute Gasteiger partial charge is 0.413 e. The minimum atomic E-state index is -1.28. The number of methoxy groups -OCH3 is 1. The molecule has 0 bridgehead atoms. The van der Waals surface area contributed by atoms with Crippen LogP contribution in [-0.4, -0.2) is 42.8 Å². The highest BCUT2D eigenvalue weighted by Gasteiger charge is 2.13. The van der Waals surface area contributed by atoms with E-state index in [2.05, 4.69) is 4.74 Å². The van der Waals surface area contributed by atoms with Gasteiger partial charge >= 0.3 is 6.09 Å². The van der Waals surface area contributed by atoms with Crippen molar-refractivity contribution in [2.75, 3.05) is 20.8 Å². The van der Waals surface area contributed by atoms with Gasteiger partial charge in [0.2, 0.25) is 0 Å². The Hall–Kier alpha value is -1.10. The van der Waals surface area contributed by atoms with Gasteiger partial charge in [-0.2, -0.15) is 0 Å². The van der Waals surface area contributed by atoms with Crippen LogP contribution in [0.4, 0.5) is 4.79 Å². The van der Waals surface area contributed by atoms with Crippen LogP contribution in [-0.2, 0) is 9.53 Å². The van der Waals surface area contributed by atoms with Crippen LogP contribution >= 0.6 is 0 Å². The van der Waals surface area contributed by atoms with Gasteiger partial charge in [-0.25, -0.2) is 9.69 Å². The SMILES string of the molecule is COCC(=O)N(C)C(=O)O. The van der Waals surface area contributed by atoms with Gasteiger partial charge in [-0.1, -0.05) is 0 Å². The van der Waals surface area contributed by atoms with Gasteiger partial charge in [0.05, 0.1) is 0 Å². The average molecular weight is 147 g/mol. The number of hydrogen-bond acceptors (Lipinski definition) is 3. The molecule has 0 aromatic carbocycles. The zero-order valence-electron chi connectivity index (χ0n) is 5.83. The number of ether oxygens (including phenoxy) is 1. The van der Waals surface area contributed by atoms with Crippen LogP contribution in [0.1, 0.15) is 0 Å². The first-order valence-corrected chi connectivity index (χ1v) is 2.58. The zero-order valence-corrected chi connectivity index (χ0v) is 5.83. The van der Waals surface area contributed by atoms with Gasteiger partial charge < -0.3 is 9.84 Å². The standard InChI is InChI=1S/C5H9NO4/c1-6(5(8)9)4(7)3-10-2/h3H2,1-2H3,(H,8,9). The second kappa shape index (κ2) is 3.84. The number of likely N-dealkylation sites (N-methyl/N-ethyl adjacent to an activating group) is 1. The molecule has 0 fully saturated rings. The van der Waals surface area contributed by atoms with Crippen LogP contribution < -0.4 is 0 Å². The Morgan fingerprint density at radius 3 is 2.40 bits per heavy atom. The first kappa shape index (κ1) is 8.90. The van der Waals surface area contributed by atoms with E-state index in [1.54, 1.807) is 0 Å². The summed E-state index contributed by atoms with van der Waals surface area (Å²) in [7, 11) is 2.50. The number of hydrogen-bond donors (Lipinski definition) is 1. The predicted octanol–water partition coefficient (Wildman–Crippen LogP) is -0.231. The van der Waals surface area contributed by atoms with Gasteiger partial charge in [-0.3, -0.25) is 4.79 Å². The maximum Gasteiger partial charge on any atom is 0.413 e. The number of carboxylic acid groups (broad SMARTS) is 1. The van der Waals surface area contributed by atoms with Gasteiger partial charge in [0.15, 0.2) is 0 Å². The average Bonchev–Trinajstić information content (AvgIpc) is 1.87. The molecule has 0 aliphatic carbocycles. The van der Waals surface area contributed by atoms with E-state index in [0.29, 0.717) is 4.90 Å². The lowest BCUT2D eigenvalue weighted by Crippen LogP contribution is -2.34. The molecule has 0 radical (unpaired) electrons. The number of carbonyl (C=O) groups is 2. The molecule has 0 aliphatic heterocycles. The Labute approximate surface area is 58.2 Å². The largest absolute Gasteiger partial charge is 0.465 e. The first-order chi connectivity index (χ1) is 4.59. The van der Waals surface area contributed by atoms with E-state index in [-0.39, 0.29) is 6.61 Å². The molecule has 5 heteroatoms. The van der Waals surface area contributed by atoms with Crippen LogP contribution in [0, 0.1) is 0 Å². The van der Waals surface area contributed by atoms with Crippen molar-refractivity contribution in [1.82, 2.24) is 4.90 Å². The number of imide groups is 1. The Morgan fingerprint density at radius 2 is 2.10 bits per heavy atom. The molecule has 0 spiro atoms. The minimum absolute atomic E-state index is 0.206.